The molecule has 0 spiro atoms. The van der Waals surface area contributed by atoms with Gasteiger partial charge in [0.2, 0.25) is 5.91 Å². The van der Waals surface area contributed by atoms with Crippen molar-refractivity contribution >= 4 is 5.91 Å². The van der Waals surface area contributed by atoms with Crippen molar-refractivity contribution < 1.29 is 4.79 Å². The summed E-state index contributed by atoms with van der Waals surface area (Å²) in [5, 5.41) is 3.20. The second kappa shape index (κ2) is 5.75. The molecule has 0 aliphatic rings. The summed E-state index contributed by atoms with van der Waals surface area (Å²) in [5.74, 6) is -0.387. The lowest BCUT2D eigenvalue weighted by Gasteiger charge is -2.28. The van der Waals surface area contributed by atoms with E-state index >= 15 is 0 Å². The molecule has 0 bridgehead atoms. The zero-order valence-electron chi connectivity index (χ0n) is 10.6. The van der Waals surface area contributed by atoms with Crippen molar-refractivity contribution in [2.75, 3.05) is 27.2 Å². The summed E-state index contributed by atoms with van der Waals surface area (Å²) in [6.45, 7) is 3.32. The largest absolute Gasteiger partial charge is 0.368 e. The predicted octanol–water partition coefficient (Wildman–Crippen LogP) is -0.0667. The predicted molar refractivity (Wildman–Crippen MR) is 67.3 cm³/mol. The molecule has 0 aliphatic carbocycles. The van der Waals surface area contributed by atoms with Gasteiger partial charge in [0, 0.05) is 25.5 Å². The number of rotatable bonds is 6. The lowest BCUT2D eigenvalue weighted by Crippen LogP contribution is -2.51. The van der Waals surface area contributed by atoms with Crippen LogP contribution in [-0.2, 0) is 10.3 Å². The summed E-state index contributed by atoms with van der Waals surface area (Å²) in [7, 11) is 3.96. The highest BCUT2D eigenvalue weighted by Crippen LogP contribution is 2.19. The Balaban J connectivity index is 2.80. The van der Waals surface area contributed by atoms with Gasteiger partial charge in [-0.15, -0.1) is 0 Å². The monoisotopic (exact) mass is 236 g/mol. The Bertz CT molecular complexity index is 366. The van der Waals surface area contributed by atoms with Gasteiger partial charge in [-0.3, -0.25) is 15.1 Å². The van der Waals surface area contributed by atoms with E-state index in [4.69, 9.17) is 5.73 Å². The number of hydrogen-bond acceptors (Lipinski definition) is 4. The van der Waals surface area contributed by atoms with Gasteiger partial charge >= 0.3 is 0 Å². The topological polar surface area (TPSA) is 71.2 Å². The maximum atomic E-state index is 11.6. The van der Waals surface area contributed by atoms with E-state index in [9.17, 15) is 4.79 Å². The van der Waals surface area contributed by atoms with Gasteiger partial charge in [-0.05, 0) is 38.7 Å². The van der Waals surface area contributed by atoms with Crippen LogP contribution in [0, 0.1) is 0 Å². The molecule has 0 radical (unpaired) electrons. The summed E-state index contributed by atoms with van der Waals surface area (Å²) in [4.78, 5) is 17.6. The van der Waals surface area contributed by atoms with Crippen molar-refractivity contribution in [3.8, 4) is 0 Å². The van der Waals surface area contributed by atoms with Crippen molar-refractivity contribution in [2.45, 2.75) is 12.5 Å². The number of nitrogens with zero attached hydrogens (tertiary/aromatic N) is 2. The Morgan fingerprint density at radius 1 is 1.47 bits per heavy atom. The number of amides is 1. The molecule has 1 unspecified atom stereocenters. The number of pyridine rings is 1. The standard InChI is InChI=1S/C12H20N4O/c1-12(11(13)17,15-8-9-16(2)3)10-4-6-14-7-5-10/h4-7,15H,8-9H2,1-3H3,(H2,13,17). The molecule has 0 saturated carbocycles. The van der Waals surface area contributed by atoms with Crippen molar-refractivity contribution in [3.05, 3.63) is 30.1 Å². The molecule has 0 aromatic carbocycles. The van der Waals surface area contributed by atoms with Crippen LogP contribution in [-0.4, -0.2) is 43.0 Å². The Morgan fingerprint density at radius 3 is 2.53 bits per heavy atom. The Morgan fingerprint density at radius 2 is 2.06 bits per heavy atom. The van der Waals surface area contributed by atoms with E-state index in [0.717, 1.165) is 12.1 Å². The number of primary amides is 1. The smallest absolute Gasteiger partial charge is 0.242 e. The van der Waals surface area contributed by atoms with Crippen LogP contribution in [0.4, 0.5) is 0 Å². The molecule has 1 amide bonds. The minimum atomic E-state index is -0.848. The Labute approximate surface area is 102 Å². The first kappa shape index (κ1) is 13.6. The number of carbonyl (C=O) groups excluding carboxylic acids is 1. The molecule has 1 aromatic heterocycles. The van der Waals surface area contributed by atoms with E-state index in [-0.39, 0.29) is 5.91 Å². The van der Waals surface area contributed by atoms with Crippen LogP contribution in [0.25, 0.3) is 0 Å². The first-order valence-corrected chi connectivity index (χ1v) is 5.57. The Hall–Kier alpha value is -1.46. The minimum absolute atomic E-state index is 0.387. The molecular formula is C12H20N4O. The summed E-state index contributed by atoms with van der Waals surface area (Å²) in [6.07, 6.45) is 3.31. The molecule has 1 atom stereocenters. The Kier molecular flexibility index (Phi) is 4.60. The number of nitrogens with one attached hydrogen (secondary N) is 1. The van der Waals surface area contributed by atoms with Gasteiger partial charge in [-0.1, -0.05) is 0 Å². The number of aromatic nitrogens is 1. The maximum absolute atomic E-state index is 11.6. The van der Waals surface area contributed by atoms with Crippen LogP contribution in [0.2, 0.25) is 0 Å². The molecular weight excluding hydrogens is 216 g/mol. The van der Waals surface area contributed by atoms with Crippen LogP contribution in [0.15, 0.2) is 24.5 Å². The first-order valence-electron chi connectivity index (χ1n) is 5.57. The fourth-order valence-electron chi connectivity index (χ4n) is 1.55. The van der Waals surface area contributed by atoms with Gasteiger partial charge in [0.15, 0.2) is 0 Å². The van der Waals surface area contributed by atoms with Gasteiger partial charge in [0.05, 0.1) is 0 Å². The van der Waals surface area contributed by atoms with Gasteiger partial charge < -0.3 is 10.6 Å². The van der Waals surface area contributed by atoms with Gasteiger partial charge in [-0.2, -0.15) is 0 Å². The van der Waals surface area contributed by atoms with Crippen molar-refractivity contribution in [1.82, 2.24) is 15.2 Å². The second-order valence-electron chi connectivity index (χ2n) is 4.46. The molecule has 94 valence electrons. The van der Waals surface area contributed by atoms with Crippen LogP contribution in [0.1, 0.15) is 12.5 Å². The summed E-state index contributed by atoms with van der Waals surface area (Å²) in [6, 6.07) is 3.60. The van der Waals surface area contributed by atoms with Gasteiger partial charge in [0.1, 0.15) is 5.54 Å². The van der Waals surface area contributed by atoms with Crippen LogP contribution >= 0.6 is 0 Å². The highest BCUT2D eigenvalue weighted by atomic mass is 16.1. The lowest BCUT2D eigenvalue weighted by atomic mass is 9.92. The number of carbonyl (C=O) groups is 1. The third-order valence-electron chi connectivity index (χ3n) is 2.79. The van der Waals surface area contributed by atoms with E-state index in [0.29, 0.717) is 6.54 Å². The van der Waals surface area contributed by atoms with Crippen molar-refractivity contribution in [1.29, 1.82) is 0 Å². The SMILES string of the molecule is CN(C)CCNC(C)(C(N)=O)c1ccncc1. The molecule has 3 N–H and O–H groups in total. The molecule has 1 rings (SSSR count). The van der Waals surface area contributed by atoms with Crippen LogP contribution in [0.3, 0.4) is 0 Å². The third kappa shape index (κ3) is 3.51. The zero-order valence-corrected chi connectivity index (χ0v) is 10.6. The van der Waals surface area contributed by atoms with E-state index in [1.54, 1.807) is 31.5 Å². The number of hydrogen-bond donors (Lipinski definition) is 2. The van der Waals surface area contributed by atoms with Crippen LogP contribution in [0.5, 0.6) is 0 Å². The molecule has 0 fully saturated rings. The quantitative estimate of drug-likeness (QED) is 0.725. The van der Waals surface area contributed by atoms with Crippen molar-refractivity contribution in [2.24, 2.45) is 5.73 Å². The maximum Gasteiger partial charge on any atom is 0.242 e. The zero-order chi connectivity index (χ0) is 12.9. The fraction of sp³-hybridized carbons (Fsp3) is 0.500. The second-order valence-corrected chi connectivity index (χ2v) is 4.46. The molecule has 1 heterocycles. The van der Waals surface area contributed by atoms with Crippen LogP contribution < -0.4 is 11.1 Å². The number of likely N-dealkylation sites (N-methyl/N-ethyl adjacent to an activating group) is 1. The van der Waals surface area contributed by atoms with E-state index < -0.39 is 5.54 Å². The number of nitrogens with two attached hydrogens (primary N) is 1. The molecule has 0 aliphatic heterocycles. The fourth-order valence-corrected chi connectivity index (χ4v) is 1.55. The molecule has 17 heavy (non-hydrogen) atoms. The minimum Gasteiger partial charge on any atom is -0.368 e. The van der Waals surface area contributed by atoms with Crippen molar-refractivity contribution in [3.63, 3.8) is 0 Å². The highest BCUT2D eigenvalue weighted by Gasteiger charge is 2.32. The van der Waals surface area contributed by atoms with E-state index in [2.05, 4.69) is 10.3 Å². The van der Waals surface area contributed by atoms with E-state index in [1.807, 2.05) is 19.0 Å². The summed E-state index contributed by atoms with van der Waals surface area (Å²) < 4.78 is 0. The summed E-state index contributed by atoms with van der Waals surface area (Å²) >= 11 is 0. The average molecular weight is 236 g/mol. The molecule has 1 aromatic rings. The normalized spacial score (nSPS) is 14.6. The summed E-state index contributed by atoms with van der Waals surface area (Å²) in [5.41, 5.74) is 5.47. The molecule has 0 saturated heterocycles. The van der Waals surface area contributed by atoms with Gasteiger partial charge in [-0.25, -0.2) is 0 Å². The van der Waals surface area contributed by atoms with E-state index in [1.165, 1.54) is 0 Å². The molecule has 5 nitrogen and oxygen atoms in total. The first-order chi connectivity index (χ1) is 7.97. The lowest BCUT2D eigenvalue weighted by molar-refractivity contribution is -0.124. The van der Waals surface area contributed by atoms with Gasteiger partial charge in [0.25, 0.3) is 0 Å². The third-order valence-corrected chi connectivity index (χ3v) is 2.79. The highest BCUT2D eigenvalue weighted by molar-refractivity contribution is 5.85. The average Bonchev–Trinajstić information content (AvgIpc) is 2.29. The molecule has 5 heteroatoms.